The Kier molecular flexibility index (Phi) is 7.94. The lowest BCUT2D eigenvalue weighted by Gasteiger charge is -2.61. The van der Waals surface area contributed by atoms with Crippen molar-refractivity contribution in [1.29, 1.82) is 0 Å². The van der Waals surface area contributed by atoms with Crippen molar-refractivity contribution in [2.75, 3.05) is 13.1 Å². The molecule has 1 unspecified atom stereocenters. The van der Waals surface area contributed by atoms with Crippen LogP contribution in [0.15, 0.2) is 9.98 Å². The zero-order valence-corrected chi connectivity index (χ0v) is 17.7. The Bertz CT molecular complexity index is 662. The molecule has 0 saturated carbocycles. The van der Waals surface area contributed by atoms with Crippen LogP contribution in [0.5, 0.6) is 0 Å². The molecule has 1 aliphatic rings. The Morgan fingerprint density at radius 1 is 1.25 bits per heavy atom. The number of carbonyl (C=O) groups is 2. The number of nitrogens with one attached hydrogen (secondary N) is 1. The number of aliphatic imine (C=N–C) groups is 2. The number of terminal acetylenes is 1. The lowest BCUT2D eigenvalue weighted by atomic mass is 9.56. The van der Waals surface area contributed by atoms with Crippen LogP contribution in [-0.4, -0.2) is 53.0 Å². The summed E-state index contributed by atoms with van der Waals surface area (Å²) >= 11 is 0. The summed E-state index contributed by atoms with van der Waals surface area (Å²) in [5.74, 6) is 2.64. The summed E-state index contributed by atoms with van der Waals surface area (Å²) < 4.78 is 0. The van der Waals surface area contributed by atoms with Crippen molar-refractivity contribution in [3.63, 3.8) is 0 Å². The van der Waals surface area contributed by atoms with Crippen LogP contribution in [0.2, 0.25) is 0 Å². The molecule has 1 aliphatic heterocycles. The van der Waals surface area contributed by atoms with Gasteiger partial charge in [0.25, 0.3) is 0 Å². The molecular formula is C20H32N4O4. The van der Waals surface area contributed by atoms with Crippen LogP contribution in [0, 0.1) is 23.2 Å². The molecule has 1 fully saturated rings. The third kappa shape index (κ3) is 5.65. The van der Waals surface area contributed by atoms with Crippen LogP contribution >= 0.6 is 0 Å². The van der Waals surface area contributed by atoms with E-state index in [4.69, 9.17) is 16.4 Å². The second-order valence-electron chi connectivity index (χ2n) is 9.02. The van der Waals surface area contributed by atoms with Crippen molar-refractivity contribution < 1.29 is 19.5 Å². The summed E-state index contributed by atoms with van der Waals surface area (Å²) in [6.45, 7) is 14.0. The molecule has 8 heteroatoms. The summed E-state index contributed by atoms with van der Waals surface area (Å²) in [5.41, 5.74) is -0.977. The van der Waals surface area contributed by atoms with Gasteiger partial charge in [0.1, 0.15) is 6.01 Å². The molecular weight excluding hydrogens is 360 g/mol. The van der Waals surface area contributed by atoms with Gasteiger partial charge in [-0.25, -0.2) is 9.59 Å². The molecule has 2 N–H and O–H groups in total. The molecule has 0 aromatic carbocycles. The molecule has 8 nitrogen and oxygen atoms in total. The number of carboxylic acid groups (broad SMARTS) is 1. The highest BCUT2D eigenvalue weighted by atomic mass is 16.7. The average molecular weight is 393 g/mol. The minimum Gasteiger partial charge on any atom is -0.463 e. The van der Waals surface area contributed by atoms with Crippen molar-refractivity contribution in [2.45, 2.75) is 72.4 Å². The van der Waals surface area contributed by atoms with Gasteiger partial charge in [-0.2, -0.15) is 0 Å². The number of rotatable bonds is 4. The van der Waals surface area contributed by atoms with Crippen molar-refractivity contribution in [3.8, 4) is 12.3 Å². The number of amides is 2. The first-order chi connectivity index (χ1) is 12.8. The highest BCUT2D eigenvalue weighted by Crippen LogP contribution is 2.53. The molecule has 0 bridgehead atoms. The molecule has 1 rings (SSSR count). The van der Waals surface area contributed by atoms with E-state index in [1.165, 1.54) is 0 Å². The smallest absolute Gasteiger partial charge is 0.462 e. The van der Waals surface area contributed by atoms with E-state index in [1.54, 1.807) is 5.06 Å². The first-order valence-electron chi connectivity index (χ1n) is 9.41. The minimum absolute atomic E-state index is 0.235. The Morgan fingerprint density at radius 3 is 2.36 bits per heavy atom. The third-order valence-corrected chi connectivity index (χ3v) is 5.31. The average Bonchev–Trinajstić information content (AvgIpc) is 2.53. The van der Waals surface area contributed by atoms with Crippen molar-refractivity contribution >= 4 is 18.2 Å². The van der Waals surface area contributed by atoms with E-state index in [0.29, 0.717) is 13.0 Å². The zero-order valence-electron chi connectivity index (χ0n) is 17.7. The minimum atomic E-state index is -1.48. The molecule has 1 atom stereocenters. The summed E-state index contributed by atoms with van der Waals surface area (Å²) in [5, 5.41) is 13.7. The largest absolute Gasteiger partial charge is 0.463 e. The van der Waals surface area contributed by atoms with E-state index in [9.17, 15) is 9.59 Å². The predicted octanol–water partition coefficient (Wildman–Crippen LogP) is 3.80. The van der Waals surface area contributed by atoms with Crippen LogP contribution in [0.25, 0.3) is 0 Å². The monoisotopic (exact) mass is 392 g/mol. The lowest BCUT2D eigenvalue weighted by Crippen LogP contribution is -2.69. The fraction of sp³-hybridized carbons (Fsp3) is 0.750. The van der Waals surface area contributed by atoms with Gasteiger partial charge in [-0.05, 0) is 23.7 Å². The van der Waals surface area contributed by atoms with Crippen molar-refractivity contribution in [2.24, 2.45) is 20.8 Å². The van der Waals surface area contributed by atoms with E-state index in [2.05, 4.69) is 62.8 Å². The van der Waals surface area contributed by atoms with Gasteiger partial charge in [0, 0.05) is 25.6 Å². The van der Waals surface area contributed by atoms with Crippen LogP contribution in [0.1, 0.15) is 60.8 Å². The van der Waals surface area contributed by atoms with Crippen LogP contribution in [0.3, 0.4) is 0 Å². The topological polar surface area (TPSA) is 104 Å². The fourth-order valence-electron chi connectivity index (χ4n) is 4.38. The van der Waals surface area contributed by atoms with Gasteiger partial charge < -0.3 is 15.3 Å². The molecule has 156 valence electrons. The number of nitrogens with zero attached hydrogens (tertiary/aromatic N) is 3. The number of piperidine rings is 1. The van der Waals surface area contributed by atoms with Gasteiger partial charge in [0.15, 0.2) is 0 Å². The number of hydrogen-bond donors (Lipinski definition) is 2. The van der Waals surface area contributed by atoms with Crippen molar-refractivity contribution in [3.05, 3.63) is 0 Å². The number of hydroxylamine groups is 2. The van der Waals surface area contributed by atoms with Gasteiger partial charge >= 0.3 is 12.2 Å². The number of carbonyl (C=O) groups excluding carboxylic acids is 1. The second-order valence-corrected chi connectivity index (χ2v) is 9.02. The van der Waals surface area contributed by atoms with Gasteiger partial charge in [-0.1, -0.05) is 41.5 Å². The van der Waals surface area contributed by atoms with Crippen LogP contribution in [-0.2, 0) is 4.84 Å². The Balaban J connectivity index is 3.19. The first kappa shape index (κ1) is 23.8. The van der Waals surface area contributed by atoms with E-state index in [0.717, 1.165) is 19.4 Å². The van der Waals surface area contributed by atoms with Gasteiger partial charge in [-0.15, -0.1) is 27.4 Å². The maximum atomic E-state index is 12.1. The molecule has 1 heterocycles. The Labute approximate surface area is 167 Å². The summed E-state index contributed by atoms with van der Waals surface area (Å²) in [4.78, 5) is 34.4. The molecule has 0 aromatic heterocycles. The number of hydrogen-bond acceptors (Lipinski definition) is 5. The summed E-state index contributed by atoms with van der Waals surface area (Å²) in [7, 11) is 0. The lowest BCUT2D eigenvalue weighted by molar-refractivity contribution is -0.260. The van der Waals surface area contributed by atoms with Gasteiger partial charge in [0.05, 0.1) is 5.54 Å². The highest BCUT2D eigenvalue weighted by molar-refractivity contribution is 5.80. The Hall–Kier alpha value is -2.20. The third-order valence-electron chi connectivity index (χ3n) is 5.31. The molecule has 0 aromatic rings. The second kappa shape index (κ2) is 9.33. The molecule has 1 saturated heterocycles. The summed E-state index contributed by atoms with van der Waals surface area (Å²) in [6, 6.07) is 2.08. The molecule has 28 heavy (non-hydrogen) atoms. The maximum absolute atomic E-state index is 12.1. The molecule has 0 radical (unpaired) electrons. The first-order valence-corrected chi connectivity index (χ1v) is 9.41. The standard InChI is InChI=1S/C20H32N4O4/c1-8-9-11-21-15-10-12-24(28-17(27)23-14-22-16(25)26)20(13-15,18(2,3)4)19(5,6)7/h1,15,21H,9-13H2,2-7H3,(H,25,26). The van der Waals surface area contributed by atoms with Crippen molar-refractivity contribution in [1.82, 2.24) is 10.4 Å². The molecule has 0 spiro atoms. The van der Waals surface area contributed by atoms with Gasteiger partial charge in [0.2, 0.25) is 0 Å². The normalized spacial score (nSPS) is 19.8. The van der Waals surface area contributed by atoms with E-state index >= 15 is 0 Å². The van der Waals surface area contributed by atoms with E-state index in [1.807, 2.05) is 6.01 Å². The summed E-state index contributed by atoms with van der Waals surface area (Å²) in [6.07, 6.45) is 5.12. The van der Waals surface area contributed by atoms with Crippen LogP contribution in [0.4, 0.5) is 9.59 Å². The highest BCUT2D eigenvalue weighted by Gasteiger charge is 2.58. The van der Waals surface area contributed by atoms with E-state index < -0.39 is 17.7 Å². The fourth-order valence-corrected chi connectivity index (χ4v) is 4.38. The van der Waals surface area contributed by atoms with Crippen LogP contribution < -0.4 is 5.32 Å². The zero-order chi connectivity index (χ0) is 21.6. The maximum Gasteiger partial charge on any atom is 0.462 e. The van der Waals surface area contributed by atoms with E-state index in [-0.39, 0.29) is 16.9 Å². The SMILES string of the molecule is C#CCCNC1CCN(OC(=O)N=C=NC(=O)O)C(C(C)(C)C)(C(C)(C)C)C1. The van der Waals surface area contributed by atoms with Gasteiger partial charge in [-0.3, -0.25) is 0 Å². The Morgan fingerprint density at radius 2 is 1.86 bits per heavy atom. The predicted molar refractivity (Wildman–Crippen MR) is 107 cm³/mol. The molecule has 2 amide bonds. The quantitative estimate of drug-likeness (QED) is 0.428. The molecule has 0 aliphatic carbocycles.